The zero-order valence-electron chi connectivity index (χ0n) is 44.3. The van der Waals surface area contributed by atoms with Crippen molar-refractivity contribution in [2.45, 2.75) is 0 Å². The third-order valence-electron chi connectivity index (χ3n) is 8.66. The Kier molecular flexibility index (Phi) is 3.34. The quantitative estimate of drug-likeness (QED) is 0.174. The van der Waals surface area contributed by atoms with E-state index >= 15 is 0 Å². The minimum atomic E-state index is -0.862. The van der Waals surface area contributed by atoms with E-state index in [1.54, 1.807) is 12.1 Å². The maximum Gasteiger partial charge on any atom is 0.143 e. The van der Waals surface area contributed by atoms with Crippen LogP contribution in [0.3, 0.4) is 0 Å². The third kappa shape index (κ3) is 4.47. The molecular weight excluding hydrogens is 593 g/mol. The average molecular weight is 642 g/mol. The van der Waals surface area contributed by atoms with Gasteiger partial charge in [0.1, 0.15) is 11.2 Å². The van der Waals surface area contributed by atoms with Crippen molar-refractivity contribution in [1.82, 2.24) is 0 Å². The Morgan fingerprint density at radius 3 is 1.65 bits per heavy atom. The zero-order valence-corrected chi connectivity index (χ0v) is 25.3. The molecule has 10 aromatic rings. The topological polar surface area (TPSA) is 13.1 Å². The third-order valence-corrected chi connectivity index (χ3v) is 8.66. The summed E-state index contributed by atoms with van der Waals surface area (Å²) in [6.07, 6.45) is 0. The van der Waals surface area contributed by atoms with E-state index in [0.29, 0.717) is 5.56 Å². The first-order valence-electron chi connectivity index (χ1n) is 24.8. The van der Waals surface area contributed by atoms with Gasteiger partial charge >= 0.3 is 0 Å². The van der Waals surface area contributed by atoms with Crippen LogP contribution in [0.5, 0.6) is 0 Å². The maximum atomic E-state index is 9.51. The summed E-state index contributed by atoms with van der Waals surface area (Å²) in [5.74, 6) is 0. The SMILES string of the molecule is [2H]c1c([2H])c([2H])c(-c2c([2H])c([2H])c([2H])c3oc4c(-c5c([2H])c([2H])c(-c6c([2H])c([2H])c([2H])c(-c7ccc8c9ccccc9c9ccccc9c8c7)c6[2H])c([2H])c5[2H])c([2H])c([2H])c([2H])c4c23)c([2H])c1[2H]. The van der Waals surface area contributed by atoms with Gasteiger partial charge in [-0.2, -0.15) is 0 Å². The molecule has 9 aromatic carbocycles. The maximum absolute atomic E-state index is 9.51. The lowest BCUT2D eigenvalue weighted by molar-refractivity contribution is 0.670. The molecule has 0 saturated carbocycles. The highest BCUT2D eigenvalue weighted by molar-refractivity contribution is 6.25. The minimum Gasteiger partial charge on any atom is -0.455 e. The standard InChI is InChI=1S/C48H30O/c1-2-11-32(12-3-1)37-19-10-22-46-47(37)44-21-9-20-38(48(44)49-46)33-25-23-31(24-26-33)34-13-8-14-35(29-34)36-27-28-43-41-17-5-4-15-39(41)40-16-6-7-18-42(40)45(43)30-36/h1-30H/i1D,2D,3D,8D,9D,10D,11D,12D,13D,14D,19D,20D,21D,22D,23D,24D,25D,26D,29D. The number of benzene rings is 9. The first-order chi connectivity index (χ1) is 32.2. The number of para-hydroxylation sites is 1. The molecule has 0 saturated heterocycles. The molecule has 0 amide bonds. The van der Waals surface area contributed by atoms with Crippen molar-refractivity contribution in [2.75, 3.05) is 0 Å². The van der Waals surface area contributed by atoms with Crippen LogP contribution in [0, 0.1) is 0 Å². The van der Waals surface area contributed by atoms with Crippen molar-refractivity contribution in [3.8, 4) is 44.5 Å². The van der Waals surface area contributed by atoms with Crippen molar-refractivity contribution in [2.24, 2.45) is 0 Å². The molecule has 0 N–H and O–H groups in total. The Morgan fingerprint density at radius 1 is 0.367 bits per heavy atom. The van der Waals surface area contributed by atoms with E-state index in [1.165, 1.54) is 0 Å². The van der Waals surface area contributed by atoms with Crippen molar-refractivity contribution in [3.63, 3.8) is 0 Å². The smallest absolute Gasteiger partial charge is 0.143 e. The van der Waals surface area contributed by atoms with Gasteiger partial charge in [-0.1, -0.05) is 163 Å². The average Bonchev–Trinajstić information content (AvgIpc) is 3.73. The fraction of sp³-hybridized carbons (Fsp3) is 0. The van der Waals surface area contributed by atoms with Gasteiger partial charge in [0.2, 0.25) is 0 Å². The molecule has 0 bridgehead atoms. The van der Waals surface area contributed by atoms with Crippen molar-refractivity contribution in [3.05, 3.63) is 182 Å². The second-order valence-corrected chi connectivity index (χ2v) is 11.4. The predicted molar refractivity (Wildman–Crippen MR) is 208 cm³/mol. The normalized spacial score (nSPS) is 17.1. The fourth-order valence-corrected chi connectivity index (χ4v) is 6.46. The van der Waals surface area contributed by atoms with Gasteiger partial charge in [-0.15, -0.1) is 0 Å². The zero-order chi connectivity index (χ0) is 48.8. The molecule has 1 heteroatoms. The van der Waals surface area contributed by atoms with Crippen molar-refractivity contribution in [1.29, 1.82) is 0 Å². The molecule has 228 valence electrons. The van der Waals surface area contributed by atoms with Crippen LogP contribution in [0.2, 0.25) is 0 Å². The van der Waals surface area contributed by atoms with Gasteiger partial charge in [0.15, 0.2) is 0 Å². The van der Waals surface area contributed by atoms with Gasteiger partial charge in [-0.25, -0.2) is 0 Å². The molecule has 0 fully saturated rings. The lowest BCUT2D eigenvalue weighted by Gasteiger charge is -2.12. The molecule has 0 aliphatic rings. The second-order valence-electron chi connectivity index (χ2n) is 11.4. The molecule has 1 nitrogen and oxygen atoms in total. The van der Waals surface area contributed by atoms with Crippen LogP contribution in [-0.2, 0) is 0 Å². The highest BCUT2D eigenvalue weighted by Crippen LogP contribution is 2.41. The van der Waals surface area contributed by atoms with Crippen LogP contribution >= 0.6 is 0 Å². The van der Waals surface area contributed by atoms with E-state index in [1.807, 2.05) is 54.6 Å². The monoisotopic (exact) mass is 641 g/mol. The van der Waals surface area contributed by atoms with Crippen LogP contribution in [0.25, 0.3) is 98.8 Å². The minimum absolute atomic E-state index is 0.105. The van der Waals surface area contributed by atoms with E-state index in [-0.39, 0.29) is 5.56 Å². The highest BCUT2D eigenvalue weighted by atomic mass is 16.3. The Bertz CT molecular complexity index is 3880. The Labute approximate surface area is 311 Å². The Balaban J connectivity index is 1.25. The summed E-state index contributed by atoms with van der Waals surface area (Å²) in [6, 6.07) is 6.49. The number of hydrogen-bond acceptors (Lipinski definition) is 1. The summed E-state index contributed by atoms with van der Waals surface area (Å²) < 4.78 is 175. The lowest BCUT2D eigenvalue weighted by atomic mass is 9.91. The summed E-state index contributed by atoms with van der Waals surface area (Å²) in [5, 5.41) is 4.64. The summed E-state index contributed by atoms with van der Waals surface area (Å²) in [7, 11) is 0. The van der Waals surface area contributed by atoms with Crippen LogP contribution < -0.4 is 0 Å². The molecule has 10 rings (SSSR count). The van der Waals surface area contributed by atoms with E-state index in [2.05, 4.69) is 0 Å². The molecule has 0 spiro atoms. The Hall–Kier alpha value is -6.44. The first kappa shape index (κ1) is 14.8. The van der Waals surface area contributed by atoms with Crippen molar-refractivity contribution >= 4 is 54.3 Å². The van der Waals surface area contributed by atoms with E-state index in [9.17, 15) is 6.85 Å². The molecule has 0 radical (unpaired) electrons. The van der Waals surface area contributed by atoms with Gasteiger partial charge in [-0.05, 0) is 89.4 Å². The van der Waals surface area contributed by atoms with Gasteiger partial charge in [-0.3, -0.25) is 0 Å². The van der Waals surface area contributed by atoms with Gasteiger partial charge in [0.05, 0.1) is 26.0 Å². The first-order valence-corrected chi connectivity index (χ1v) is 15.3. The van der Waals surface area contributed by atoms with E-state index in [4.69, 9.17) is 23.6 Å². The van der Waals surface area contributed by atoms with Crippen LogP contribution in [-0.4, -0.2) is 0 Å². The summed E-state index contributed by atoms with van der Waals surface area (Å²) in [4.78, 5) is 0. The predicted octanol–water partition coefficient (Wildman–Crippen LogP) is 13.7. The van der Waals surface area contributed by atoms with Gasteiger partial charge in [0.25, 0.3) is 0 Å². The molecule has 0 aliphatic carbocycles. The number of fused-ring (bicyclic) bond motifs is 9. The van der Waals surface area contributed by atoms with Crippen LogP contribution in [0.15, 0.2) is 186 Å². The van der Waals surface area contributed by atoms with E-state index in [0.717, 1.165) is 32.3 Å². The molecule has 0 aliphatic heterocycles. The van der Waals surface area contributed by atoms with Gasteiger partial charge < -0.3 is 4.42 Å². The molecule has 0 atom stereocenters. The lowest BCUT2D eigenvalue weighted by Crippen LogP contribution is -1.86. The van der Waals surface area contributed by atoms with Crippen molar-refractivity contribution < 1.29 is 30.5 Å². The Morgan fingerprint density at radius 2 is 0.918 bits per heavy atom. The fourth-order valence-electron chi connectivity index (χ4n) is 6.46. The molecule has 1 heterocycles. The molecule has 49 heavy (non-hydrogen) atoms. The summed E-state index contributed by atoms with van der Waals surface area (Å²) in [5.41, 5.74) is -4.26. The number of rotatable bonds is 4. The van der Waals surface area contributed by atoms with Crippen LogP contribution in [0.1, 0.15) is 26.0 Å². The van der Waals surface area contributed by atoms with E-state index < -0.39 is 170 Å². The second kappa shape index (κ2) is 11.1. The molecule has 1 aromatic heterocycles. The largest absolute Gasteiger partial charge is 0.455 e. The summed E-state index contributed by atoms with van der Waals surface area (Å²) >= 11 is 0. The van der Waals surface area contributed by atoms with Gasteiger partial charge in [0, 0.05) is 16.3 Å². The number of hydrogen-bond donors (Lipinski definition) is 0. The highest BCUT2D eigenvalue weighted by Gasteiger charge is 2.16. The molecular formula is C48H30O. The molecule has 0 unspecified atom stereocenters. The van der Waals surface area contributed by atoms with Crippen LogP contribution in [0.4, 0.5) is 0 Å². The summed E-state index contributed by atoms with van der Waals surface area (Å²) in [6.45, 7) is 0. The number of furan rings is 1.